The maximum Gasteiger partial charge on any atom is 0.247 e. The smallest absolute Gasteiger partial charge is 0.247 e. The van der Waals surface area contributed by atoms with E-state index in [0.29, 0.717) is 24.3 Å². The Morgan fingerprint density at radius 2 is 1.72 bits per heavy atom. The van der Waals surface area contributed by atoms with E-state index in [1.807, 2.05) is 24.3 Å². The normalized spacial score (nSPS) is 24.8. The van der Waals surface area contributed by atoms with Gasteiger partial charge in [-0.1, -0.05) is 30.3 Å². The van der Waals surface area contributed by atoms with Gasteiger partial charge in [-0.15, -0.1) is 10.2 Å². The molecule has 1 N–H and O–H groups in total. The third-order valence-electron chi connectivity index (χ3n) is 7.33. The van der Waals surface area contributed by atoms with Crippen LogP contribution in [0.2, 0.25) is 0 Å². The van der Waals surface area contributed by atoms with Crippen molar-refractivity contribution < 1.29 is 17.6 Å². The second-order valence-electron chi connectivity index (χ2n) is 9.94. The third kappa shape index (κ3) is 5.96. The van der Waals surface area contributed by atoms with Crippen LogP contribution in [0.25, 0.3) is 11.5 Å². The number of anilines is 1. The quantitative estimate of drug-likeness (QED) is 0.483. The number of nitrogens with one attached hydrogen (secondary N) is 1. The fraction of sp³-hybridized carbons (Fsp3) is 0.481. The molecule has 2 aliphatic rings. The SMILES string of the molecule is Cc1nnc(-c2ccc(N3CC[C@H](NS(C)(=O)=O)[C@@H]3COC3CCC(c4ccccc4)CC3)cc2)o1. The molecule has 0 radical (unpaired) electrons. The van der Waals surface area contributed by atoms with Crippen LogP contribution in [0, 0.1) is 6.92 Å². The Labute approximate surface area is 213 Å². The maximum absolute atomic E-state index is 12.1. The van der Waals surface area contributed by atoms with Crippen molar-refractivity contribution in [2.45, 2.75) is 63.1 Å². The van der Waals surface area contributed by atoms with Crippen LogP contribution in [0.3, 0.4) is 0 Å². The van der Waals surface area contributed by atoms with Gasteiger partial charge < -0.3 is 14.1 Å². The van der Waals surface area contributed by atoms with Crippen molar-refractivity contribution in [3.8, 4) is 11.5 Å². The number of aromatic nitrogens is 2. The topological polar surface area (TPSA) is 97.6 Å². The summed E-state index contributed by atoms with van der Waals surface area (Å²) < 4.78 is 38.9. The van der Waals surface area contributed by atoms with E-state index in [-0.39, 0.29) is 18.2 Å². The fourth-order valence-electron chi connectivity index (χ4n) is 5.52. The maximum atomic E-state index is 12.1. The van der Waals surface area contributed by atoms with Crippen LogP contribution in [0.1, 0.15) is 49.5 Å². The highest BCUT2D eigenvalue weighted by molar-refractivity contribution is 7.88. The summed E-state index contributed by atoms with van der Waals surface area (Å²) in [7, 11) is -3.33. The van der Waals surface area contributed by atoms with E-state index in [9.17, 15) is 8.42 Å². The Hall–Kier alpha value is -2.75. The molecule has 2 aromatic carbocycles. The molecule has 2 atom stereocenters. The Balaban J connectivity index is 1.25. The summed E-state index contributed by atoms with van der Waals surface area (Å²) in [6.07, 6.45) is 6.43. The summed E-state index contributed by atoms with van der Waals surface area (Å²) in [5.41, 5.74) is 3.29. The first kappa shape index (κ1) is 24.9. The van der Waals surface area contributed by atoms with Crippen LogP contribution < -0.4 is 9.62 Å². The zero-order chi connectivity index (χ0) is 25.1. The number of rotatable bonds is 8. The van der Waals surface area contributed by atoms with Gasteiger partial charge in [0.1, 0.15) is 0 Å². The molecule has 2 fully saturated rings. The Bertz CT molecular complexity index is 1240. The second kappa shape index (κ2) is 10.7. The lowest BCUT2D eigenvalue weighted by atomic mass is 9.83. The molecule has 1 aromatic heterocycles. The van der Waals surface area contributed by atoms with Crippen molar-refractivity contribution in [3.63, 3.8) is 0 Å². The summed E-state index contributed by atoms with van der Waals surface area (Å²) in [5.74, 6) is 1.61. The highest BCUT2D eigenvalue weighted by Crippen LogP contribution is 2.35. The van der Waals surface area contributed by atoms with Crippen molar-refractivity contribution in [1.29, 1.82) is 0 Å². The van der Waals surface area contributed by atoms with E-state index in [2.05, 4.69) is 50.2 Å². The molecule has 8 nitrogen and oxygen atoms in total. The Morgan fingerprint density at radius 3 is 2.36 bits per heavy atom. The minimum Gasteiger partial charge on any atom is -0.421 e. The molecular formula is C27H34N4O4S. The first-order chi connectivity index (χ1) is 17.4. The minimum absolute atomic E-state index is 0.0805. The van der Waals surface area contributed by atoms with E-state index < -0.39 is 10.0 Å². The van der Waals surface area contributed by atoms with Gasteiger partial charge in [-0.25, -0.2) is 13.1 Å². The van der Waals surface area contributed by atoms with E-state index in [4.69, 9.17) is 9.15 Å². The van der Waals surface area contributed by atoms with Crippen LogP contribution in [0.5, 0.6) is 0 Å². The molecule has 3 aromatic rings. The first-order valence-corrected chi connectivity index (χ1v) is 14.6. The number of nitrogens with zero attached hydrogens (tertiary/aromatic N) is 3. The van der Waals surface area contributed by atoms with E-state index in [1.165, 1.54) is 11.8 Å². The van der Waals surface area contributed by atoms with Crippen molar-refractivity contribution in [2.75, 3.05) is 24.3 Å². The third-order valence-corrected chi connectivity index (χ3v) is 8.06. The average molecular weight is 511 g/mol. The molecule has 0 unspecified atom stereocenters. The van der Waals surface area contributed by atoms with Crippen LogP contribution >= 0.6 is 0 Å². The number of aryl methyl sites for hydroxylation is 1. The molecule has 36 heavy (non-hydrogen) atoms. The lowest BCUT2D eigenvalue weighted by molar-refractivity contribution is 0.0157. The van der Waals surface area contributed by atoms with Crippen molar-refractivity contribution in [3.05, 3.63) is 66.1 Å². The van der Waals surface area contributed by atoms with E-state index >= 15 is 0 Å². The fourth-order valence-corrected chi connectivity index (χ4v) is 6.35. The largest absolute Gasteiger partial charge is 0.421 e. The molecule has 1 saturated heterocycles. The van der Waals surface area contributed by atoms with Gasteiger partial charge in [-0.05, 0) is 67.9 Å². The molecule has 2 heterocycles. The molecule has 1 aliphatic heterocycles. The average Bonchev–Trinajstić information content (AvgIpc) is 3.48. The van der Waals surface area contributed by atoms with Gasteiger partial charge in [0.25, 0.3) is 0 Å². The summed E-state index contributed by atoms with van der Waals surface area (Å²) in [6.45, 7) is 3.00. The molecular weight excluding hydrogens is 476 g/mol. The number of benzene rings is 2. The molecule has 9 heteroatoms. The van der Waals surface area contributed by atoms with Crippen molar-refractivity contribution in [1.82, 2.24) is 14.9 Å². The Kier molecular flexibility index (Phi) is 7.41. The highest BCUT2D eigenvalue weighted by Gasteiger charge is 2.37. The van der Waals surface area contributed by atoms with Gasteiger partial charge in [-0.3, -0.25) is 0 Å². The van der Waals surface area contributed by atoms with Crippen molar-refractivity contribution in [2.24, 2.45) is 0 Å². The van der Waals surface area contributed by atoms with E-state index in [0.717, 1.165) is 49.9 Å². The van der Waals surface area contributed by atoms with Gasteiger partial charge in [0.15, 0.2) is 0 Å². The minimum atomic E-state index is -3.33. The van der Waals surface area contributed by atoms with Gasteiger partial charge in [0.2, 0.25) is 21.8 Å². The number of hydrogen-bond acceptors (Lipinski definition) is 7. The molecule has 192 valence electrons. The molecule has 0 bridgehead atoms. The highest BCUT2D eigenvalue weighted by atomic mass is 32.2. The lowest BCUT2D eigenvalue weighted by Gasteiger charge is -2.33. The van der Waals surface area contributed by atoms with E-state index in [1.54, 1.807) is 6.92 Å². The zero-order valence-electron chi connectivity index (χ0n) is 20.8. The van der Waals surface area contributed by atoms with Crippen LogP contribution in [-0.2, 0) is 14.8 Å². The molecule has 1 aliphatic carbocycles. The summed E-state index contributed by atoms with van der Waals surface area (Å²) in [4.78, 5) is 2.25. The summed E-state index contributed by atoms with van der Waals surface area (Å²) >= 11 is 0. The van der Waals surface area contributed by atoms with Crippen LogP contribution in [0.15, 0.2) is 59.0 Å². The predicted molar refractivity (Wildman–Crippen MR) is 139 cm³/mol. The summed E-state index contributed by atoms with van der Waals surface area (Å²) in [5, 5.41) is 7.99. The molecule has 1 saturated carbocycles. The standard InChI is InChI=1S/C27H34N4O4S/c1-19-28-29-27(35-19)22-8-12-23(13-9-22)31-17-16-25(30-36(2,32)33)26(31)18-34-24-14-10-21(11-15-24)20-6-4-3-5-7-20/h3-9,12-13,21,24-26,30H,10-11,14-18H2,1-2H3/t21?,24?,25-,26-/m0/s1. The lowest BCUT2D eigenvalue weighted by Crippen LogP contribution is -2.48. The number of ether oxygens (including phenoxy) is 1. The first-order valence-electron chi connectivity index (χ1n) is 12.7. The molecule has 0 spiro atoms. The molecule has 5 rings (SSSR count). The van der Waals surface area contributed by atoms with Crippen LogP contribution in [-0.4, -0.2) is 56.2 Å². The Morgan fingerprint density at radius 1 is 1.00 bits per heavy atom. The number of sulfonamides is 1. The van der Waals surface area contributed by atoms with Gasteiger partial charge in [0.05, 0.1) is 25.0 Å². The number of hydrogen-bond donors (Lipinski definition) is 1. The van der Waals surface area contributed by atoms with Crippen LogP contribution in [0.4, 0.5) is 5.69 Å². The van der Waals surface area contributed by atoms with Gasteiger partial charge in [0, 0.05) is 30.8 Å². The zero-order valence-corrected chi connectivity index (χ0v) is 21.7. The van der Waals surface area contributed by atoms with Gasteiger partial charge in [-0.2, -0.15) is 0 Å². The monoisotopic (exact) mass is 510 g/mol. The summed E-state index contributed by atoms with van der Waals surface area (Å²) in [6, 6.07) is 18.4. The predicted octanol–water partition coefficient (Wildman–Crippen LogP) is 4.28. The molecule has 0 amide bonds. The van der Waals surface area contributed by atoms with Gasteiger partial charge >= 0.3 is 0 Å². The second-order valence-corrected chi connectivity index (χ2v) is 11.7. The van der Waals surface area contributed by atoms with Crippen molar-refractivity contribution >= 4 is 15.7 Å².